The molecule has 0 aromatic heterocycles. The summed E-state index contributed by atoms with van der Waals surface area (Å²) in [4.78, 5) is 11.1. The van der Waals surface area contributed by atoms with Crippen LogP contribution < -0.4 is 4.74 Å². The summed E-state index contributed by atoms with van der Waals surface area (Å²) < 4.78 is 5.23. The summed E-state index contributed by atoms with van der Waals surface area (Å²) in [5.74, 6) is 0.973. The highest BCUT2D eigenvalue weighted by molar-refractivity contribution is 5.79. The van der Waals surface area contributed by atoms with Gasteiger partial charge in [0.05, 0.1) is 7.11 Å². The molecule has 2 nitrogen and oxygen atoms in total. The van der Waals surface area contributed by atoms with Crippen molar-refractivity contribution in [3.8, 4) is 5.75 Å². The number of methoxy groups -OCH3 is 1. The lowest BCUT2D eigenvalue weighted by Gasteiger charge is -2.12. The van der Waals surface area contributed by atoms with E-state index in [1.807, 2.05) is 26.0 Å². The fraction of sp³-hybridized carbons (Fsp3) is 0.417. The first-order valence-electron chi connectivity index (χ1n) is 4.68. The molecule has 14 heavy (non-hydrogen) atoms. The normalized spacial score (nSPS) is 10.0. The molecule has 0 aliphatic heterocycles. The van der Waals surface area contributed by atoms with Crippen LogP contribution in [0.15, 0.2) is 12.1 Å². The van der Waals surface area contributed by atoms with Crippen LogP contribution in [-0.2, 0) is 11.2 Å². The van der Waals surface area contributed by atoms with E-state index in [0.29, 0.717) is 6.42 Å². The van der Waals surface area contributed by atoms with Crippen molar-refractivity contribution < 1.29 is 9.53 Å². The second-order valence-electron chi connectivity index (χ2n) is 3.57. The zero-order chi connectivity index (χ0) is 10.7. The van der Waals surface area contributed by atoms with Crippen molar-refractivity contribution in [3.05, 3.63) is 28.8 Å². The zero-order valence-corrected chi connectivity index (χ0v) is 9.18. The molecule has 0 bridgehead atoms. The van der Waals surface area contributed by atoms with Gasteiger partial charge in [-0.15, -0.1) is 0 Å². The second-order valence-corrected chi connectivity index (χ2v) is 3.57. The highest BCUT2D eigenvalue weighted by Crippen LogP contribution is 2.25. The first-order valence-corrected chi connectivity index (χ1v) is 4.68. The smallest absolute Gasteiger partial charge is 0.134 e. The van der Waals surface area contributed by atoms with E-state index in [2.05, 4.69) is 0 Å². The molecule has 0 spiro atoms. The summed E-state index contributed by atoms with van der Waals surface area (Å²) in [6.45, 7) is 5.66. The lowest BCUT2D eigenvalue weighted by Crippen LogP contribution is -2.03. The Kier molecular flexibility index (Phi) is 3.28. The van der Waals surface area contributed by atoms with Gasteiger partial charge in [0.25, 0.3) is 0 Å². The molecule has 0 unspecified atom stereocenters. The van der Waals surface area contributed by atoms with Crippen LogP contribution in [0.2, 0.25) is 0 Å². The van der Waals surface area contributed by atoms with Crippen LogP contribution in [0.25, 0.3) is 0 Å². The molecular weight excluding hydrogens is 176 g/mol. The number of benzene rings is 1. The van der Waals surface area contributed by atoms with E-state index in [4.69, 9.17) is 4.74 Å². The number of hydrogen-bond donors (Lipinski definition) is 0. The summed E-state index contributed by atoms with van der Waals surface area (Å²) >= 11 is 0. The predicted octanol–water partition coefficient (Wildman–Crippen LogP) is 2.44. The lowest BCUT2D eigenvalue weighted by molar-refractivity contribution is -0.116. The Morgan fingerprint density at radius 1 is 1.36 bits per heavy atom. The maximum atomic E-state index is 11.1. The van der Waals surface area contributed by atoms with Crippen LogP contribution in [0.3, 0.4) is 0 Å². The van der Waals surface area contributed by atoms with E-state index in [1.54, 1.807) is 14.0 Å². The molecule has 0 N–H and O–H groups in total. The van der Waals surface area contributed by atoms with Crippen LogP contribution in [-0.4, -0.2) is 12.9 Å². The van der Waals surface area contributed by atoms with Crippen molar-refractivity contribution in [2.24, 2.45) is 0 Å². The largest absolute Gasteiger partial charge is 0.496 e. The monoisotopic (exact) mass is 192 g/mol. The van der Waals surface area contributed by atoms with Crippen LogP contribution >= 0.6 is 0 Å². The first kappa shape index (κ1) is 10.8. The van der Waals surface area contributed by atoms with Crippen molar-refractivity contribution in [2.75, 3.05) is 7.11 Å². The van der Waals surface area contributed by atoms with Gasteiger partial charge in [0.15, 0.2) is 0 Å². The number of hydrogen-bond acceptors (Lipinski definition) is 2. The molecule has 0 fully saturated rings. The van der Waals surface area contributed by atoms with Crippen molar-refractivity contribution in [3.63, 3.8) is 0 Å². The summed E-state index contributed by atoms with van der Waals surface area (Å²) in [7, 11) is 1.63. The van der Waals surface area contributed by atoms with Gasteiger partial charge in [-0.2, -0.15) is 0 Å². The minimum absolute atomic E-state index is 0.164. The number of carbonyl (C=O) groups is 1. The third-order valence-corrected chi connectivity index (χ3v) is 2.47. The van der Waals surface area contributed by atoms with E-state index < -0.39 is 0 Å². The molecule has 0 amide bonds. The minimum Gasteiger partial charge on any atom is -0.496 e. The third-order valence-electron chi connectivity index (χ3n) is 2.47. The fourth-order valence-electron chi connectivity index (χ4n) is 1.51. The number of aryl methyl sites for hydroxylation is 1. The summed E-state index contributed by atoms with van der Waals surface area (Å²) in [5.41, 5.74) is 3.36. The topological polar surface area (TPSA) is 26.3 Å². The van der Waals surface area contributed by atoms with Crippen molar-refractivity contribution in [1.29, 1.82) is 0 Å². The predicted molar refractivity (Wildman–Crippen MR) is 56.9 cm³/mol. The van der Waals surface area contributed by atoms with E-state index in [-0.39, 0.29) is 5.78 Å². The number of carbonyl (C=O) groups excluding carboxylic acids is 1. The van der Waals surface area contributed by atoms with Crippen molar-refractivity contribution >= 4 is 5.78 Å². The minimum atomic E-state index is 0.164. The third kappa shape index (κ3) is 2.13. The summed E-state index contributed by atoms with van der Waals surface area (Å²) in [5, 5.41) is 0. The second kappa shape index (κ2) is 4.27. The van der Waals surface area contributed by atoms with Gasteiger partial charge in [-0.1, -0.05) is 6.07 Å². The molecule has 0 aliphatic carbocycles. The summed E-state index contributed by atoms with van der Waals surface area (Å²) in [6.07, 6.45) is 0.455. The standard InChI is InChI=1S/C12H16O2/c1-8-5-6-12(14-4)11(10(8)3)7-9(2)13/h5-6H,7H2,1-4H3. The molecule has 1 aromatic carbocycles. The molecule has 0 heterocycles. The Balaban J connectivity index is 3.20. The Bertz CT molecular complexity index is 354. The quantitative estimate of drug-likeness (QED) is 0.735. The molecule has 2 heteroatoms. The highest BCUT2D eigenvalue weighted by atomic mass is 16.5. The maximum Gasteiger partial charge on any atom is 0.134 e. The van der Waals surface area contributed by atoms with Gasteiger partial charge in [-0.3, -0.25) is 4.79 Å². The number of Topliss-reactive ketones (excluding diaryl/α,β-unsaturated/α-hetero) is 1. The maximum absolute atomic E-state index is 11.1. The number of ether oxygens (including phenoxy) is 1. The molecular formula is C12H16O2. The average Bonchev–Trinajstić information content (AvgIpc) is 2.13. The molecule has 0 saturated heterocycles. The van der Waals surface area contributed by atoms with Gasteiger partial charge in [-0.05, 0) is 38.0 Å². The van der Waals surface area contributed by atoms with Crippen LogP contribution in [0, 0.1) is 13.8 Å². The fourth-order valence-corrected chi connectivity index (χ4v) is 1.51. The van der Waals surface area contributed by atoms with Gasteiger partial charge >= 0.3 is 0 Å². The molecule has 0 saturated carbocycles. The van der Waals surface area contributed by atoms with Crippen LogP contribution in [0.5, 0.6) is 5.75 Å². The van der Waals surface area contributed by atoms with Crippen molar-refractivity contribution in [1.82, 2.24) is 0 Å². The Hall–Kier alpha value is -1.31. The van der Waals surface area contributed by atoms with Gasteiger partial charge in [0.1, 0.15) is 11.5 Å². The Morgan fingerprint density at radius 3 is 2.50 bits per heavy atom. The zero-order valence-electron chi connectivity index (χ0n) is 9.18. The van der Waals surface area contributed by atoms with Crippen LogP contribution in [0.1, 0.15) is 23.6 Å². The molecule has 0 aliphatic rings. The SMILES string of the molecule is COc1ccc(C)c(C)c1CC(C)=O. The Labute approximate surface area is 84.9 Å². The Morgan fingerprint density at radius 2 is 2.00 bits per heavy atom. The molecule has 76 valence electrons. The van der Waals surface area contributed by atoms with E-state index in [9.17, 15) is 4.79 Å². The first-order chi connectivity index (χ1) is 6.56. The summed E-state index contributed by atoms with van der Waals surface area (Å²) in [6, 6.07) is 3.93. The van der Waals surface area contributed by atoms with Gasteiger partial charge in [-0.25, -0.2) is 0 Å². The van der Waals surface area contributed by atoms with E-state index in [1.165, 1.54) is 5.56 Å². The van der Waals surface area contributed by atoms with E-state index >= 15 is 0 Å². The van der Waals surface area contributed by atoms with E-state index in [0.717, 1.165) is 16.9 Å². The highest BCUT2D eigenvalue weighted by Gasteiger charge is 2.10. The lowest BCUT2D eigenvalue weighted by atomic mass is 9.98. The molecule has 1 aromatic rings. The van der Waals surface area contributed by atoms with Gasteiger partial charge in [0, 0.05) is 12.0 Å². The van der Waals surface area contributed by atoms with Crippen molar-refractivity contribution in [2.45, 2.75) is 27.2 Å². The molecule has 0 radical (unpaired) electrons. The number of rotatable bonds is 3. The van der Waals surface area contributed by atoms with Crippen LogP contribution in [0.4, 0.5) is 0 Å². The molecule has 0 atom stereocenters. The van der Waals surface area contributed by atoms with Gasteiger partial charge in [0.2, 0.25) is 0 Å². The number of ketones is 1. The average molecular weight is 192 g/mol. The molecule has 1 rings (SSSR count). The van der Waals surface area contributed by atoms with Gasteiger partial charge < -0.3 is 4.74 Å².